The van der Waals surface area contributed by atoms with Gasteiger partial charge in [-0.3, -0.25) is 0 Å². The summed E-state index contributed by atoms with van der Waals surface area (Å²) in [6.45, 7) is 11.7. The SMILES string of the molecule is CC(C)(C)c1ccc(N(c2ccc(-c3ccccc3-c3cccc4c3C(C)(C)c3ccccc3-4)cc2)c2ccc3c(c2)C2(CC4CCC2C4)c2ccccc2-3)cc1. The standard InChI is InChI=1S/C56H51N/c1-54(2,3)38-25-29-41(30-26-38)57(42-31-32-47-45-15-9-11-20-51(45)56(52(47)34-42)35-36-21-24-39(56)33-36)40-27-22-37(23-28-40)43-13-6-7-14-44(43)48-17-12-18-49-46-16-8-10-19-50(46)55(4,5)53(48)49/h6-20,22-23,25-32,34,36,39H,21,24,33,35H2,1-5H3. The van der Waals surface area contributed by atoms with Crippen LogP contribution in [-0.4, -0.2) is 0 Å². The molecule has 3 unspecified atom stereocenters. The minimum absolute atomic E-state index is 0.0861. The maximum atomic E-state index is 2.58. The van der Waals surface area contributed by atoms with Crippen LogP contribution in [0.2, 0.25) is 0 Å². The molecule has 2 saturated carbocycles. The minimum Gasteiger partial charge on any atom is -0.310 e. The quantitative estimate of drug-likeness (QED) is 0.170. The number of rotatable bonds is 5. The first kappa shape index (κ1) is 34.6. The molecular formula is C56H51N. The molecule has 0 heterocycles. The van der Waals surface area contributed by atoms with Crippen molar-refractivity contribution < 1.29 is 0 Å². The van der Waals surface area contributed by atoms with Crippen molar-refractivity contribution in [2.45, 2.75) is 76.5 Å². The Balaban J connectivity index is 1.03. The van der Waals surface area contributed by atoms with Crippen LogP contribution in [0.1, 0.15) is 88.1 Å². The zero-order valence-corrected chi connectivity index (χ0v) is 33.9. The highest BCUT2D eigenvalue weighted by Crippen LogP contribution is 2.66. The van der Waals surface area contributed by atoms with Crippen molar-refractivity contribution in [3.63, 3.8) is 0 Å². The lowest BCUT2D eigenvalue weighted by Crippen LogP contribution is -2.32. The van der Waals surface area contributed by atoms with E-state index in [9.17, 15) is 0 Å². The third kappa shape index (κ3) is 5.07. The minimum atomic E-state index is -0.0869. The summed E-state index contributed by atoms with van der Waals surface area (Å²) in [5.74, 6) is 1.57. The Bertz CT molecular complexity index is 2710. The van der Waals surface area contributed by atoms with Gasteiger partial charge in [0, 0.05) is 27.9 Å². The van der Waals surface area contributed by atoms with Gasteiger partial charge in [-0.1, -0.05) is 162 Å². The monoisotopic (exact) mass is 737 g/mol. The highest BCUT2D eigenvalue weighted by molar-refractivity contribution is 5.93. The number of anilines is 3. The number of nitrogens with zero attached hydrogens (tertiary/aromatic N) is 1. The van der Waals surface area contributed by atoms with E-state index in [4.69, 9.17) is 0 Å². The zero-order valence-electron chi connectivity index (χ0n) is 33.9. The second kappa shape index (κ2) is 12.4. The van der Waals surface area contributed by atoms with E-state index >= 15 is 0 Å². The smallest absolute Gasteiger partial charge is 0.0465 e. The van der Waals surface area contributed by atoms with Crippen molar-refractivity contribution >= 4 is 17.1 Å². The summed E-state index contributed by atoms with van der Waals surface area (Å²) in [6.07, 6.45) is 5.39. The van der Waals surface area contributed by atoms with Crippen molar-refractivity contribution in [1.82, 2.24) is 0 Å². The fourth-order valence-electron chi connectivity index (χ4n) is 11.9. The van der Waals surface area contributed by atoms with Crippen LogP contribution in [0.25, 0.3) is 44.5 Å². The first-order valence-electron chi connectivity index (χ1n) is 21.2. The van der Waals surface area contributed by atoms with Crippen LogP contribution in [0.3, 0.4) is 0 Å². The van der Waals surface area contributed by atoms with Gasteiger partial charge in [0.2, 0.25) is 0 Å². The molecule has 7 aromatic carbocycles. The predicted octanol–water partition coefficient (Wildman–Crippen LogP) is 15.2. The molecule has 1 spiro atoms. The summed E-state index contributed by atoms with van der Waals surface area (Å²) in [4.78, 5) is 2.50. The molecule has 2 bridgehead atoms. The lowest BCUT2D eigenvalue weighted by atomic mass is 9.67. The summed E-state index contributed by atoms with van der Waals surface area (Å²) in [7, 11) is 0. The largest absolute Gasteiger partial charge is 0.310 e. The molecule has 4 aliphatic rings. The molecule has 280 valence electrons. The maximum Gasteiger partial charge on any atom is 0.0465 e. The molecule has 7 aromatic rings. The Kier molecular flexibility index (Phi) is 7.53. The van der Waals surface area contributed by atoms with Crippen molar-refractivity contribution in [2.75, 3.05) is 4.90 Å². The molecule has 1 nitrogen and oxygen atoms in total. The summed E-state index contributed by atoms with van der Waals surface area (Å²) in [5.41, 5.74) is 21.7. The summed E-state index contributed by atoms with van der Waals surface area (Å²) in [5, 5.41) is 0. The average molecular weight is 738 g/mol. The van der Waals surface area contributed by atoms with E-state index < -0.39 is 0 Å². The van der Waals surface area contributed by atoms with Gasteiger partial charge in [-0.25, -0.2) is 0 Å². The Morgan fingerprint density at radius 1 is 0.491 bits per heavy atom. The van der Waals surface area contributed by atoms with Gasteiger partial charge in [-0.2, -0.15) is 0 Å². The van der Waals surface area contributed by atoms with E-state index in [2.05, 4.69) is 197 Å². The molecule has 2 fully saturated rings. The summed E-state index contributed by atoms with van der Waals surface area (Å²) < 4.78 is 0. The molecule has 57 heavy (non-hydrogen) atoms. The molecule has 0 N–H and O–H groups in total. The third-order valence-corrected chi connectivity index (χ3v) is 14.5. The van der Waals surface area contributed by atoms with Crippen molar-refractivity contribution in [1.29, 1.82) is 0 Å². The van der Waals surface area contributed by atoms with E-state index in [1.54, 1.807) is 11.1 Å². The van der Waals surface area contributed by atoms with Crippen LogP contribution < -0.4 is 4.90 Å². The molecule has 3 atom stereocenters. The fourth-order valence-corrected chi connectivity index (χ4v) is 11.9. The fraction of sp³-hybridized carbons (Fsp3) is 0.250. The summed E-state index contributed by atoms with van der Waals surface area (Å²) >= 11 is 0. The van der Waals surface area contributed by atoms with E-state index in [1.807, 2.05) is 0 Å². The number of hydrogen-bond donors (Lipinski definition) is 0. The summed E-state index contributed by atoms with van der Waals surface area (Å²) in [6, 6.07) is 60.2. The van der Waals surface area contributed by atoms with Crippen LogP contribution >= 0.6 is 0 Å². The van der Waals surface area contributed by atoms with Crippen LogP contribution in [0.5, 0.6) is 0 Å². The van der Waals surface area contributed by atoms with Gasteiger partial charge in [-0.05, 0) is 145 Å². The van der Waals surface area contributed by atoms with Gasteiger partial charge in [0.05, 0.1) is 0 Å². The van der Waals surface area contributed by atoms with Gasteiger partial charge >= 0.3 is 0 Å². The average Bonchev–Trinajstić information content (AvgIpc) is 3.98. The molecule has 0 aromatic heterocycles. The van der Waals surface area contributed by atoms with E-state index in [0.29, 0.717) is 0 Å². The van der Waals surface area contributed by atoms with Crippen LogP contribution in [0.15, 0.2) is 158 Å². The lowest BCUT2D eigenvalue weighted by molar-refractivity contribution is 0.327. The molecular weight excluding hydrogens is 687 g/mol. The molecule has 11 rings (SSSR count). The number of fused-ring (bicyclic) bond motifs is 11. The lowest BCUT2D eigenvalue weighted by Gasteiger charge is -2.37. The van der Waals surface area contributed by atoms with Crippen LogP contribution in [0.4, 0.5) is 17.1 Å². The number of hydrogen-bond acceptors (Lipinski definition) is 1. The van der Waals surface area contributed by atoms with Crippen LogP contribution in [0, 0.1) is 11.8 Å². The van der Waals surface area contributed by atoms with Crippen molar-refractivity contribution in [2.24, 2.45) is 11.8 Å². The second-order valence-corrected chi connectivity index (χ2v) is 19.0. The zero-order chi connectivity index (χ0) is 38.7. The van der Waals surface area contributed by atoms with Gasteiger partial charge in [0.1, 0.15) is 0 Å². The molecule has 0 radical (unpaired) electrons. The van der Waals surface area contributed by atoms with Crippen molar-refractivity contribution in [3.05, 3.63) is 186 Å². The normalized spacial score (nSPS) is 20.6. The van der Waals surface area contributed by atoms with Gasteiger partial charge in [0.25, 0.3) is 0 Å². The van der Waals surface area contributed by atoms with Gasteiger partial charge < -0.3 is 4.90 Å². The third-order valence-electron chi connectivity index (χ3n) is 14.5. The Morgan fingerprint density at radius 2 is 1.04 bits per heavy atom. The van der Waals surface area contributed by atoms with E-state index in [-0.39, 0.29) is 16.2 Å². The first-order chi connectivity index (χ1) is 27.6. The van der Waals surface area contributed by atoms with E-state index in [0.717, 1.165) is 11.8 Å². The Hall–Kier alpha value is -5.66. The Morgan fingerprint density at radius 3 is 1.68 bits per heavy atom. The predicted molar refractivity (Wildman–Crippen MR) is 240 cm³/mol. The van der Waals surface area contributed by atoms with Gasteiger partial charge in [0.15, 0.2) is 0 Å². The topological polar surface area (TPSA) is 3.24 Å². The van der Waals surface area contributed by atoms with Gasteiger partial charge in [-0.15, -0.1) is 0 Å². The molecule has 0 aliphatic heterocycles. The van der Waals surface area contributed by atoms with Crippen molar-refractivity contribution in [3.8, 4) is 44.5 Å². The highest BCUT2D eigenvalue weighted by Gasteiger charge is 2.56. The number of benzene rings is 7. The second-order valence-electron chi connectivity index (χ2n) is 19.0. The van der Waals surface area contributed by atoms with E-state index in [1.165, 1.54) is 104 Å². The first-order valence-corrected chi connectivity index (χ1v) is 21.2. The molecule has 0 amide bonds. The molecule has 4 aliphatic carbocycles. The van der Waals surface area contributed by atoms with Crippen LogP contribution in [-0.2, 0) is 16.2 Å². The molecule has 0 saturated heterocycles. The highest BCUT2D eigenvalue weighted by atomic mass is 15.1. The molecule has 1 heteroatoms. The maximum absolute atomic E-state index is 2.58. The Labute approximate surface area is 339 Å².